The van der Waals surface area contributed by atoms with Crippen LogP contribution in [0.25, 0.3) is 0 Å². The molecule has 1 saturated carbocycles. The Hall–Kier alpha value is -2.41. The van der Waals surface area contributed by atoms with Gasteiger partial charge in [-0.25, -0.2) is 0 Å². The highest BCUT2D eigenvalue weighted by Crippen LogP contribution is 2.47. The molecular weight excluding hydrogens is 376 g/mol. The van der Waals surface area contributed by atoms with E-state index in [2.05, 4.69) is 0 Å². The lowest BCUT2D eigenvalue weighted by molar-refractivity contribution is -0.176. The third kappa shape index (κ3) is 5.15. The Balaban J connectivity index is 2.60. The van der Waals surface area contributed by atoms with Gasteiger partial charge in [0.05, 0.1) is 30.8 Å². The minimum absolute atomic E-state index is 0.338. The van der Waals surface area contributed by atoms with E-state index >= 15 is 0 Å². The number of hydrogen-bond acceptors (Lipinski definition) is 7. The molecule has 7 heteroatoms. The van der Waals surface area contributed by atoms with Crippen molar-refractivity contribution in [3.8, 4) is 5.75 Å². The van der Waals surface area contributed by atoms with E-state index in [1.165, 1.54) is 14.0 Å². The molecule has 0 spiro atoms. The second kappa shape index (κ2) is 8.95. The van der Waals surface area contributed by atoms with E-state index in [9.17, 15) is 19.5 Å². The van der Waals surface area contributed by atoms with Crippen molar-refractivity contribution in [3.05, 3.63) is 29.8 Å². The topological polar surface area (TPSA) is 99.1 Å². The number of carbonyl (C=O) groups is 3. The standard InChI is InChI=1S/C22H30O7/c1-12(2)28-20(24)18-16(23)11-22(5,26)19(21(25)29-13(3)4)17(18)14-7-9-15(27-6)10-8-14/h7-10,12-13,17-19,26H,11H2,1-6H3/t17-,18+,19+,22-/m0/s1. The summed E-state index contributed by atoms with van der Waals surface area (Å²) in [5.74, 6) is -4.48. The molecule has 0 radical (unpaired) electrons. The molecule has 4 atom stereocenters. The molecule has 0 aromatic heterocycles. The van der Waals surface area contributed by atoms with E-state index in [1.54, 1.807) is 52.0 Å². The SMILES string of the molecule is COc1ccc([C@H]2[C@H](C(=O)OC(C)C)C(=O)C[C@](C)(O)[C@H]2C(=O)OC(C)C)cc1. The van der Waals surface area contributed by atoms with Crippen LogP contribution in [0.15, 0.2) is 24.3 Å². The molecule has 1 aliphatic carbocycles. The van der Waals surface area contributed by atoms with Gasteiger partial charge in [0.15, 0.2) is 5.78 Å². The lowest BCUT2D eigenvalue weighted by Gasteiger charge is -2.44. The van der Waals surface area contributed by atoms with Crippen LogP contribution in [-0.4, -0.2) is 47.7 Å². The summed E-state index contributed by atoms with van der Waals surface area (Å²) in [6.45, 7) is 8.21. The van der Waals surface area contributed by atoms with Gasteiger partial charge >= 0.3 is 11.9 Å². The molecule has 0 aliphatic heterocycles. The van der Waals surface area contributed by atoms with Gasteiger partial charge in [-0.2, -0.15) is 0 Å². The van der Waals surface area contributed by atoms with Gasteiger partial charge in [-0.3, -0.25) is 14.4 Å². The van der Waals surface area contributed by atoms with Gasteiger partial charge in [-0.15, -0.1) is 0 Å². The van der Waals surface area contributed by atoms with E-state index in [-0.39, 0.29) is 6.42 Å². The summed E-state index contributed by atoms with van der Waals surface area (Å²) in [4.78, 5) is 38.7. The smallest absolute Gasteiger partial charge is 0.317 e. The van der Waals surface area contributed by atoms with Crippen LogP contribution in [0.3, 0.4) is 0 Å². The Kier molecular flexibility index (Phi) is 7.06. The summed E-state index contributed by atoms with van der Waals surface area (Å²) >= 11 is 0. The fourth-order valence-electron chi connectivity index (χ4n) is 3.85. The van der Waals surface area contributed by atoms with Crippen molar-refractivity contribution in [2.24, 2.45) is 11.8 Å². The van der Waals surface area contributed by atoms with Crippen LogP contribution in [0.1, 0.15) is 52.5 Å². The third-order valence-corrected chi connectivity index (χ3v) is 4.98. The highest BCUT2D eigenvalue weighted by atomic mass is 16.5. The molecule has 7 nitrogen and oxygen atoms in total. The van der Waals surface area contributed by atoms with E-state index in [0.29, 0.717) is 11.3 Å². The van der Waals surface area contributed by atoms with Gasteiger partial charge in [-0.1, -0.05) is 12.1 Å². The predicted octanol–water partition coefficient (Wildman–Crippen LogP) is 2.64. The summed E-state index contributed by atoms with van der Waals surface area (Å²) in [7, 11) is 1.52. The maximum atomic E-state index is 13.0. The summed E-state index contributed by atoms with van der Waals surface area (Å²) in [6, 6.07) is 6.73. The number of methoxy groups -OCH3 is 1. The van der Waals surface area contributed by atoms with E-state index in [0.717, 1.165) is 0 Å². The molecule has 0 amide bonds. The highest BCUT2D eigenvalue weighted by Gasteiger charge is 2.57. The number of carbonyl (C=O) groups excluding carboxylic acids is 3. The number of benzene rings is 1. The van der Waals surface area contributed by atoms with Crippen LogP contribution in [0.5, 0.6) is 5.75 Å². The molecule has 1 aromatic carbocycles. The van der Waals surface area contributed by atoms with Crippen molar-refractivity contribution in [1.82, 2.24) is 0 Å². The summed E-state index contributed by atoms with van der Waals surface area (Å²) in [5.41, 5.74) is -1.11. The van der Waals surface area contributed by atoms with Crippen LogP contribution in [-0.2, 0) is 23.9 Å². The van der Waals surface area contributed by atoms with Crippen molar-refractivity contribution in [2.45, 2.75) is 64.8 Å². The van der Waals surface area contributed by atoms with Crippen molar-refractivity contribution in [2.75, 3.05) is 7.11 Å². The van der Waals surface area contributed by atoms with E-state index in [1.807, 2.05) is 0 Å². The average Bonchev–Trinajstić information content (AvgIpc) is 2.58. The maximum Gasteiger partial charge on any atom is 0.317 e. The molecule has 0 heterocycles. The zero-order valence-corrected chi connectivity index (χ0v) is 17.8. The lowest BCUT2D eigenvalue weighted by Crippen LogP contribution is -2.55. The Morgan fingerprint density at radius 3 is 2.03 bits per heavy atom. The molecule has 2 rings (SSSR count). The molecule has 0 bridgehead atoms. The summed E-state index contributed by atoms with van der Waals surface area (Å²) in [5, 5.41) is 11.0. The molecule has 0 saturated heterocycles. The molecular formula is C22H30O7. The van der Waals surface area contributed by atoms with Gasteiger partial charge < -0.3 is 19.3 Å². The minimum atomic E-state index is -1.66. The second-order valence-corrected chi connectivity index (χ2v) is 8.23. The molecule has 1 N–H and O–H groups in total. The molecule has 1 aromatic rings. The lowest BCUT2D eigenvalue weighted by atomic mass is 9.61. The van der Waals surface area contributed by atoms with Gasteiger partial charge in [0.2, 0.25) is 0 Å². The van der Waals surface area contributed by atoms with Crippen molar-refractivity contribution in [1.29, 1.82) is 0 Å². The third-order valence-electron chi connectivity index (χ3n) is 4.98. The second-order valence-electron chi connectivity index (χ2n) is 8.23. The van der Waals surface area contributed by atoms with Crippen LogP contribution in [0.2, 0.25) is 0 Å². The van der Waals surface area contributed by atoms with Crippen LogP contribution in [0.4, 0.5) is 0 Å². The zero-order valence-electron chi connectivity index (χ0n) is 17.8. The van der Waals surface area contributed by atoms with Crippen molar-refractivity contribution < 1.29 is 33.7 Å². The number of esters is 2. The zero-order chi connectivity index (χ0) is 21.9. The predicted molar refractivity (Wildman–Crippen MR) is 105 cm³/mol. The molecule has 1 aliphatic rings. The quantitative estimate of drug-likeness (QED) is 0.573. The van der Waals surface area contributed by atoms with Crippen LogP contribution >= 0.6 is 0 Å². The number of ether oxygens (including phenoxy) is 3. The Morgan fingerprint density at radius 1 is 1.03 bits per heavy atom. The normalized spacial score (nSPS) is 27.1. The Morgan fingerprint density at radius 2 is 1.55 bits per heavy atom. The Labute approximate surface area is 171 Å². The number of aliphatic hydroxyl groups is 1. The number of ketones is 1. The van der Waals surface area contributed by atoms with E-state index < -0.39 is 53.3 Å². The highest BCUT2D eigenvalue weighted by molar-refractivity contribution is 6.02. The first-order chi connectivity index (χ1) is 13.5. The summed E-state index contributed by atoms with van der Waals surface area (Å²) < 4.78 is 15.9. The van der Waals surface area contributed by atoms with E-state index in [4.69, 9.17) is 14.2 Å². The largest absolute Gasteiger partial charge is 0.497 e. The summed E-state index contributed by atoms with van der Waals surface area (Å²) in [6.07, 6.45) is -1.17. The average molecular weight is 406 g/mol. The molecule has 29 heavy (non-hydrogen) atoms. The molecule has 0 unspecified atom stereocenters. The molecule has 160 valence electrons. The van der Waals surface area contributed by atoms with Crippen molar-refractivity contribution in [3.63, 3.8) is 0 Å². The first-order valence-corrected chi connectivity index (χ1v) is 9.78. The minimum Gasteiger partial charge on any atom is -0.497 e. The monoisotopic (exact) mass is 406 g/mol. The number of Topliss-reactive ketones (excluding diaryl/α,β-unsaturated/α-hetero) is 1. The number of hydrogen-bond donors (Lipinski definition) is 1. The number of rotatable bonds is 6. The maximum absolute atomic E-state index is 13.0. The first kappa shape index (κ1) is 22.9. The van der Waals surface area contributed by atoms with Crippen LogP contribution in [0, 0.1) is 11.8 Å². The van der Waals surface area contributed by atoms with Crippen LogP contribution < -0.4 is 4.74 Å². The van der Waals surface area contributed by atoms with Gasteiger partial charge in [0.1, 0.15) is 11.7 Å². The van der Waals surface area contributed by atoms with Gasteiger partial charge in [-0.05, 0) is 52.3 Å². The fourth-order valence-corrected chi connectivity index (χ4v) is 3.85. The van der Waals surface area contributed by atoms with Gasteiger partial charge in [0, 0.05) is 12.3 Å². The fraction of sp³-hybridized carbons (Fsp3) is 0.591. The Bertz CT molecular complexity index is 741. The molecule has 1 fully saturated rings. The van der Waals surface area contributed by atoms with Gasteiger partial charge in [0.25, 0.3) is 0 Å². The van der Waals surface area contributed by atoms with Crippen molar-refractivity contribution >= 4 is 17.7 Å². The first-order valence-electron chi connectivity index (χ1n) is 9.78.